The van der Waals surface area contributed by atoms with Gasteiger partial charge in [-0.2, -0.15) is 0 Å². The van der Waals surface area contributed by atoms with Crippen LogP contribution in [0.25, 0.3) is 0 Å². The Bertz CT molecular complexity index is 1090. The molecule has 0 saturated carbocycles. The second-order valence-corrected chi connectivity index (χ2v) is 7.73. The van der Waals surface area contributed by atoms with Crippen molar-refractivity contribution in [2.75, 3.05) is 28.4 Å². The maximum atomic E-state index is 12.3. The van der Waals surface area contributed by atoms with Crippen LogP contribution in [0.5, 0.6) is 17.2 Å². The topological polar surface area (TPSA) is 131 Å². The third kappa shape index (κ3) is 5.00. The second kappa shape index (κ2) is 10.2. The van der Waals surface area contributed by atoms with E-state index in [1.54, 1.807) is 23.6 Å². The van der Waals surface area contributed by atoms with Crippen LogP contribution in [0.2, 0.25) is 0 Å². The lowest BCUT2D eigenvalue weighted by Crippen LogP contribution is -2.38. The van der Waals surface area contributed by atoms with Crippen LogP contribution in [-0.2, 0) is 14.4 Å². The number of rotatable bonds is 8. The van der Waals surface area contributed by atoms with Crippen LogP contribution < -0.4 is 19.6 Å². The quantitative estimate of drug-likeness (QED) is 0.439. The summed E-state index contributed by atoms with van der Waals surface area (Å²) in [4.78, 5) is 32.9. The molecule has 2 N–H and O–H groups in total. The first-order valence-corrected chi connectivity index (χ1v) is 10.6. The normalized spacial score (nSPS) is 17.0. The molecule has 1 saturated heterocycles. The Kier molecular flexibility index (Phi) is 7.38. The van der Waals surface area contributed by atoms with Crippen LogP contribution in [-0.4, -0.2) is 62.0 Å². The fourth-order valence-electron chi connectivity index (χ4n) is 3.41. The minimum Gasteiger partial charge on any atom is -0.493 e. The molecule has 2 aromatic rings. The van der Waals surface area contributed by atoms with Crippen LogP contribution in [0, 0.1) is 0 Å². The molecule has 1 unspecified atom stereocenters. The molecular formula is C21H24N4O7S. The van der Waals surface area contributed by atoms with E-state index in [1.807, 2.05) is 0 Å². The number of hydrogen-bond donors (Lipinski definition) is 2. The molecule has 11 nitrogen and oxygen atoms in total. The molecule has 1 aromatic heterocycles. The van der Waals surface area contributed by atoms with Gasteiger partial charge in [0.05, 0.1) is 27.4 Å². The minimum absolute atomic E-state index is 0.203. The first-order valence-electron chi connectivity index (χ1n) is 9.70. The number of carboxylic acids is 1. The van der Waals surface area contributed by atoms with Gasteiger partial charge in [-0.05, 0) is 23.8 Å². The highest BCUT2D eigenvalue weighted by Crippen LogP contribution is 2.42. The van der Waals surface area contributed by atoms with Crippen LogP contribution in [0.1, 0.15) is 30.5 Å². The van der Waals surface area contributed by atoms with Gasteiger partial charge in [-0.1, -0.05) is 5.16 Å². The number of aliphatic carboxylic acids is 1. The number of carboxylic acid groups (broad SMARTS) is 1. The molecule has 1 aliphatic rings. The molecular weight excluding hydrogens is 452 g/mol. The average Bonchev–Trinajstić information content (AvgIpc) is 3.43. The van der Waals surface area contributed by atoms with E-state index >= 15 is 0 Å². The summed E-state index contributed by atoms with van der Waals surface area (Å²) >= 11 is 1.24. The predicted octanol–water partition coefficient (Wildman–Crippen LogP) is 2.74. The highest BCUT2D eigenvalue weighted by molar-refractivity contribution is 7.14. The maximum Gasteiger partial charge on any atom is 0.358 e. The zero-order valence-corrected chi connectivity index (χ0v) is 19.6. The zero-order chi connectivity index (χ0) is 24.1. The number of thiophene rings is 1. The number of hydrazine groups is 1. The van der Waals surface area contributed by atoms with Crippen LogP contribution >= 0.6 is 11.3 Å². The average molecular weight is 477 g/mol. The van der Waals surface area contributed by atoms with E-state index in [0.29, 0.717) is 40.1 Å². The van der Waals surface area contributed by atoms with Gasteiger partial charge in [-0.25, -0.2) is 14.8 Å². The molecule has 176 valence electrons. The second-order valence-electron chi connectivity index (χ2n) is 6.84. The Morgan fingerprint density at radius 3 is 2.30 bits per heavy atom. The van der Waals surface area contributed by atoms with E-state index in [0.717, 1.165) is 5.56 Å². The number of amides is 1. The van der Waals surface area contributed by atoms with Crippen LogP contribution in [0.3, 0.4) is 0 Å². The molecule has 1 fully saturated rings. The van der Waals surface area contributed by atoms with E-state index in [9.17, 15) is 14.7 Å². The third-order valence-corrected chi connectivity index (χ3v) is 5.67. The van der Waals surface area contributed by atoms with Crippen LogP contribution in [0.15, 0.2) is 33.7 Å². The first-order chi connectivity index (χ1) is 15.8. The van der Waals surface area contributed by atoms with Gasteiger partial charge in [-0.3, -0.25) is 10.2 Å². The van der Waals surface area contributed by atoms with Crippen molar-refractivity contribution in [2.24, 2.45) is 10.1 Å². The number of nitrogens with one attached hydrogen (secondary N) is 1. The molecule has 1 aromatic carbocycles. The smallest absolute Gasteiger partial charge is 0.358 e. The summed E-state index contributed by atoms with van der Waals surface area (Å²) < 4.78 is 16.2. The van der Waals surface area contributed by atoms with Gasteiger partial charge < -0.3 is 24.2 Å². The summed E-state index contributed by atoms with van der Waals surface area (Å²) in [5, 5.41) is 16.5. The van der Waals surface area contributed by atoms with Gasteiger partial charge in [0.15, 0.2) is 17.2 Å². The molecule has 33 heavy (non-hydrogen) atoms. The summed E-state index contributed by atoms with van der Waals surface area (Å²) in [6.45, 7) is 1.45. The van der Waals surface area contributed by atoms with E-state index in [-0.39, 0.29) is 17.7 Å². The molecule has 1 amide bonds. The Hall–Kier alpha value is -3.80. The summed E-state index contributed by atoms with van der Waals surface area (Å²) in [6.07, 6.45) is 0.392. The predicted molar refractivity (Wildman–Crippen MR) is 122 cm³/mol. The number of carbonyl (C=O) groups excluding carboxylic acids is 1. The Morgan fingerprint density at radius 2 is 1.79 bits per heavy atom. The van der Waals surface area contributed by atoms with Crippen molar-refractivity contribution < 1.29 is 33.7 Å². The Balaban J connectivity index is 1.94. The van der Waals surface area contributed by atoms with Crippen molar-refractivity contribution in [1.82, 2.24) is 10.4 Å². The van der Waals surface area contributed by atoms with E-state index in [2.05, 4.69) is 20.4 Å². The molecule has 12 heteroatoms. The standard InChI is InChI=1S/C21H24N4O7S/c1-11(26)25-14(12-6-15(29-2)20(31-4)16(7-12)30-3)9-17(23-25)22-18-8-13(10-33-18)19(21(27)28)24-32-5/h6-8,10,14H,9H2,1-5H3,(H,22,23)(H,27,28)/b24-19-. The number of benzene rings is 1. The van der Waals surface area contributed by atoms with Crippen molar-refractivity contribution in [3.63, 3.8) is 0 Å². The van der Waals surface area contributed by atoms with Crippen LogP contribution in [0.4, 0.5) is 5.00 Å². The van der Waals surface area contributed by atoms with Gasteiger partial charge >= 0.3 is 5.97 Å². The van der Waals surface area contributed by atoms with E-state index in [4.69, 9.17) is 14.2 Å². The zero-order valence-electron chi connectivity index (χ0n) is 18.7. The lowest BCUT2D eigenvalue weighted by atomic mass is 10.0. The van der Waals surface area contributed by atoms with Gasteiger partial charge in [0.25, 0.3) is 0 Å². The van der Waals surface area contributed by atoms with Crippen molar-refractivity contribution in [3.8, 4) is 17.2 Å². The summed E-state index contributed by atoms with van der Waals surface area (Å²) in [7, 11) is 5.84. The SMILES string of the molecule is CO/N=C(\C(=O)O)c1csc(/N=C2\CC(c3cc(OC)c(OC)c(OC)c3)N(C(C)=O)N2)c1. The van der Waals surface area contributed by atoms with Gasteiger partial charge in [0, 0.05) is 24.3 Å². The minimum atomic E-state index is -1.21. The summed E-state index contributed by atoms with van der Waals surface area (Å²) in [6, 6.07) is 4.79. The Morgan fingerprint density at radius 1 is 1.12 bits per heavy atom. The van der Waals surface area contributed by atoms with Gasteiger partial charge in [0.2, 0.25) is 11.7 Å². The number of methoxy groups -OCH3 is 3. The lowest BCUT2D eigenvalue weighted by Gasteiger charge is -2.24. The number of amidine groups is 1. The van der Waals surface area contributed by atoms with E-state index < -0.39 is 5.97 Å². The van der Waals surface area contributed by atoms with E-state index in [1.165, 1.54) is 51.7 Å². The van der Waals surface area contributed by atoms with Crippen molar-refractivity contribution >= 4 is 39.8 Å². The summed E-state index contributed by atoms with van der Waals surface area (Å²) in [5.41, 5.74) is 3.95. The molecule has 1 atom stereocenters. The number of aliphatic imine (C=N–C) groups is 1. The maximum absolute atomic E-state index is 12.3. The highest BCUT2D eigenvalue weighted by atomic mass is 32.1. The molecule has 0 radical (unpaired) electrons. The number of oxime groups is 1. The molecule has 0 bridgehead atoms. The third-order valence-electron chi connectivity index (χ3n) is 4.85. The van der Waals surface area contributed by atoms with Crippen molar-refractivity contribution in [1.29, 1.82) is 0 Å². The van der Waals surface area contributed by atoms with Crippen molar-refractivity contribution in [2.45, 2.75) is 19.4 Å². The molecule has 2 heterocycles. The number of ether oxygens (including phenoxy) is 3. The monoisotopic (exact) mass is 476 g/mol. The number of hydrogen-bond acceptors (Lipinski definition) is 9. The molecule has 0 aliphatic carbocycles. The largest absolute Gasteiger partial charge is 0.493 e. The Labute approximate surface area is 194 Å². The highest BCUT2D eigenvalue weighted by Gasteiger charge is 2.34. The number of carbonyl (C=O) groups is 2. The van der Waals surface area contributed by atoms with Gasteiger partial charge in [0.1, 0.15) is 17.9 Å². The fourth-order valence-corrected chi connectivity index (χ4v) is 4.20. The number of nitrogens with zero attached hydrogens (tertiary/aromatic N) is 3. The first kappa shape index (κ1) is 23.9. The van der Waals surface area contributed by atoms with Gasteiger partial charge in [-0.15, -0.1) is 11.3 Å². The molecule has 0 spiro atoms. The molecule has 1 aliphatic heterocycles. The fraction of sp³-hybridized carbons (Fsp3) is 0.333. The molecule has 3 rings (SSSR count). The summed E-state index contributed by atoms with van der Waals surface area (Å²) in [5.74, 6) is 0.530. The van der Waals surface area contributed by atoms with Crippen molar-refractivity contribution in [3.05, 3.63) is 34.7 Å². The lowest BCUT2D eigenvalue weighted by molar-refractivity contribution is -0.132.